The lowest BCUT2D eigenvalue weighted by molar-refractivity contribution is -0.128. The normalized spacial score (nSPS) is 21.1. The lowest BCUT2D eigenvalue weighted by atomic mass is 9.83. The molecule has 7 heteroatoms. The summed E-state index contributed by atoms with van der Waals surface area (Å²) in [6.07, 6.45) is 6.21. The minimum absolute atomic E-state index is 0. The van der Waals surface area contributed by atoms with Crippen molar-refractivity contribution in [2.75, 3.05) is 39.8 Å². The molecule has 1 saturated heterocycles. The Morgan fingerprint density at radius 3 is 2.25 bits per heavy atom. The molecular weight excluding hydrogens is 395 g/mol. The summed E-state index contributed by atoms with van der Waals surface area (Å²) < 4.78 is 0. The predicted molar refractivity (Wildman–Crippen MR) is 120 cm³/mol. The van der Waals surface area contributed by atoms with E-state index in [2.05, 4.69) is 34.3 Å². The SMILES string of the molecule is CN1CCN(C(C(=O)NC(CN)C2CCCCC2)c2ccccc2)CC1.Cl.Cl. The molecule has 1 aromatic carbocycles. The molecule has 2 aliphatic rings. The van der Waals surface area contributed by atoms with Gasteiger partial charge in [0.05, 0.1) is 0 Å². The summed E-state index contributed by atoms with van der Waals surface area (Å²) in [6.45, 7) is 4.36. The number of hydrogen-bond donors (Lipinski definition) is 2. The fourth-order valence-corrected chi connectivity index (χ4v) is 4.41. The van der Waals surface area contributed by atoms with Crippen molar-refractivity contribution in [2.24, 2.45) is 11.7 Å². The fourth-order valence-electron chi connectivity index (χ4n) is 4.41. The van der Waals surface area contributed by atoms with Gasteiger partial charge >= 0.3 is 0 Å². The molecule has 3 rings (SSSR count). The molecule has 5 nitrogen and oxygen atoms in total. The highest BCUT2D eigenvalue weighted by molar-refractivity contribution is 5.85. The highest BCUT2D eigenvalue weighted by atomic mass is 35.5. The van der Waals surface area contributed by atoms with Gasteiger partial charge in [0, 0.05) is 38.8 Å². The molecule has 0 aromatic heterocycles. The van der Waals surface area contributed by atoms with Crippen LogP contribution in [0.4, 0.5) is 0 Å². The molecule has 28 heavy (non-hydrogen) atoms. The zero-order valence-electron chi connectivity index (χ0n) is 16.9. The van der Waals surface area contributed by atoms with E-state index >= 15 is 0 Å². The standard InChI is InChI=1S/C21H34N4O.2ClH/c1-24-12-14-25(15-13-24)20(18-10-6-3-7-11-18)21(26)23-19(16-22)17-8-4-2-5-9-17;;/h3,6-7,10-11,17,19-20H,2,4-5,8-9,12-16,22H2,1H3,(H,23,26);2*1H. The Kier molecular flexibility index (Phi) is 11.4. The maximum atomic E-state index is 13.3. The molecule has 1 aliphatic heterocycles. The van der Waals surface area contributed by atoms with E-state index in [-0.39, 0.29) is 42.8 Å². The summed E-state index contributed by atoms with van der Waals surface area (Å²) in [5.74, 6) is 0.642. The monoisotopic (exact) mass is 430 g/mol. The van der Waals surface area contributed by atoms with Gasteiger partial charge in [-0.05, 0) is 31.4 Å². The van der Waals surface area contributed by atoms with Gasteiger partial charge in [0.25, 0.3) is 0 Å². The van der Waals surface area contributed by atoms with E-state index in [1.807, 2.05) is 18.2 Å². The van der Waals surface area contributed by atoms with Crippen molar-refractivity contribution in [3.8, 4) is 0 Å². The molecule has 0 spiro atoms. The van der Waals surface area contributed by atoms with Crippen molar-refractivity contribution < 1.29 is 4.79 Å². The van der Waals surface area contributed by atoms with Gasteiger partial charge in [0.15, 0.2) is 0 Å². The first-order valence-corrected chi connectivity index (χ1v) is 10.2. The smallest absolute Gasteiger partial charge is 0.242 e. The van der Waals surface area contributed by atoms with Crippen LogP contribution in [0.25, 0.3) is 0 Å². The number of nitrogens with one attached hydrogen (secondary N) is 1. The van der Waals surface area contributed by atoms with Crippen LogP contribution in [0, 0.1) is 5.92 Å². The van der Waals surface area contributed by atoms with Crippen LogP contribution in [0.15, 0.2) is 30.3 Å². The van der Waals surface area contributed by atoms with Crippen molar-refractivity contribution in [2.45, 2.75) is 44.2 Å². The molecule has 2 fully saturated rings. The molecule has 1 heterocycles. The summed E-state index contributed by atoms with van der Waals surface area (Å²) in [5, 5.41) is 3.32. The summed E-state index contributed by atoms with van der Waals surface area (Å²) in [6, 6.07) is 10.1. The van der Waals surface area contributed by atoms with E-state index in [0.29, 0.717) is 12.5 Å². The molecule has 2 unspecified atom stereocenters. The Labute approximate surface area is 182 Å². The Morgan fingerprint density at radius 2 is 1.68 bits per heavy atom. The first-order chi connectivity index (χ1) is 12.7. The largest absolute Gasteiger partial charge is 0.350 e. The number of carbonyl (C=O) groups excluding carboxylic acids is 1. The third kappa shape index (κ3) is 6.60. The van der Waals surface area contributed by atoms with Crippen LogP contribution >= 0.6 is 24.8 Å². The number of benzene rings is 1. The van der Waals surface area contributed by atoms with E-state index in [9.17, 15) is 4.79 Å². The topological polar surface area (TPSA) is 61.6 Å². The number of nitrogens with zero attached hydrogens (tertiary/aromatic N) is 2. The van der Waals surface area contributed by atoms with E-state index in [1.54, 1.807) is 0 Å². The van der Waals surface area contributed by atoms with E-state index < -0.39 is 0 Å². The Bertz CT molecular complexity index is 561. The minimum atomic E-state index is -0.220. The minimum Gasteiger partial charge on any atom is -0.350 e. The van der Waals surface area contributed by atoms with Crippen LogP contribution in [0.1, 0.15) is 43.7 Å². The van der Waals surface area contributed by atoms with Gasteiger partial charge in [-0.2, -0.15) is 0 Å². The number of halogens is 2. The molecular formula is C21H36Cl2N4O. The van der Waals surface area contributed by atoms with Crippen molar-refractivity contribution >= 4 is 30.7 Å². The van der Waals surface area contributed by atoms with Crippen molar-refractivity contribution in [3.63, 3.8) is 0 Å². The van der Waals surface area contributed by atoms with Gasteiger partial charge in [0.2, 0.25) is 5.91 Å². The number of carbonyl (C=O) groups is 1. The highest BCUT2D eigenvalue weighted by Crippen LogP contribution is 2.28. The van der Waals surface area contributed by atoms with Gasteiger partial charge in [-0.25, -0.2) is 0 Å². The Hall–Kier alpha value is -0.850. The summed E-state index contributed by atoms with van der Waals surface area (Å²) >= 11 is 0. The van der Waals surface area contributed by atoms with Gasteiger partial charge in [0.1, 0.15) is 6.04 Å². The maximum Gasteiger partial charge on any atom is 0.242 e. The summed E-state index contributed by atoms with van der Waals surface area (Å²) in [4.78, 5) is 18.0. The zero-order chi connectivity index (χ0) is 18.4. The third-order valence-corrected chi connectivity index (χ3v) is 6.07. The third-order valence-electron chi connectivity index (χ3n) is 6.07. The van der Waals surface area contributed by atoms with Crippen molar-refractivity contribution in [1.29, 1.82) is 0 Å². The highest BCUT2D eigenvalue weighted by Gasteiger charge is 2.32. The average molecular weight is 431 g/mol. The van der Waals surface area contributed by atoms with Crippen LogP contribution in [0.3, 0.4) is 0 Å². The van der Waals surface area contributed by atoms with Gasteiger partial charge in [-0.15, -0.1) is 24.8 Å². The number of rotatable bonds is 6. The second-order valence-electron chi connectivity index (χ2n) is 7.90. The van der Waals surface area contributed by atoms with Gasteiger partial charge in [-0.3, -0.25) is 9.69 Å². The van der Waals surface area contributed by atoms with Gasteiger partial charge in [-0.1, -0.05) is 49.6 Å². The molecule has 0 radical (unpaired) electrons. The molecule has 1 saturated carbocycles. The molecule has 160 valence electrons. The zero-order valence-corrected chi connectivity index (χ0v) is 18.5. The van der Waals surface area contributed by atoms with Crippen LogP contribution < -0.4 is 11.1 Å². The second kappa shape index (κ2) is 12.7. The number of amides is 1. The number of hydrogen-bond acceptors (Lipinski definition) is 4. The molecule has 1 amide bonds. The van der Waals surface area contributed by atoms with Crippen LogP contribution in [-0.2, 0) is 4.79 Å². The molecule has 2 atom stereocenters. The Morgan fingerprint density at radius 1 is 1.07 bits per heavy atom. The second-order valence-corrected chi connectivity index (χ2v) is 7.90. The van der Waals surface area contributed by atoms with Crippen molar-refractivity contribution in [1.82, 2.24) is 15.1 Å². The van der Waals surface area contributed by atoms with E-state index in [1.165, 1.54) is 32.1 Å². The number of nitrogens with two attached hydrogens (primary N) is 1. The van der Waals surface area contributed by atoms with Crippen molar-refractivity contribution in [3.05, 3.63) is 35.9 Å². The number of likely N-dealkylation sites (N-methyl/N-ethyl adjacent to an activating group) is 1. The molecule has 1 aromatic rings. The van der Waals surface area contributed by atoms with Gasteiger partial charge < -0.3 is 16.0 Å². The van der Waals surface area contributed by atoms with Crippen LogP contribution in [-0.4, -0.2) is 61.5 Å². The predicted octanol–water partition coefficient (Wildman–Crippen LogP) is 2.84. The summed E-state index contributed by atoms with van der Waals surface area (Å²) in [5.41, 5.74) is 7.13. The maximum absolute atomic E-state index is 13.3. The first-order valence-electron chi connectivity index (χ1n) is 10.2. The quantitative estimate of drug-likeness (QED) is 0.727. The molecule has 1 aliphatic carbocycles. The number of piperazine rings is 1. The first kappa shape index (κ1) is 25.2. The fraction of sp³-hybridized carbons (Fsp3) is 0.667. The summed E-state index contributed by atoms with van der Waals surface area (Å²) in [7, 11) is 2.14. The van der Waals surface area contributed by atoms with E-state index in [4.69, 9.17) is 5.73 Å². The average Bonchev–Trinajstić information content (AvgIpc) is 2.69. The Balaban J connectivity index is 0.00000196. The molecule has 0 bridgehead atoms. The van der Waals surface area contributed by atoms with Crippen LogP contribution in [0.2, 0.25) is 0 Å². The van der Waals surface area contributed by atoms with E-state index in [0.717, 1.165) is 31.7 Å². The lowest BCUT2D eigenvalue weighted by Crippen LogP contribution is -2.53. The molecule has 3 N–H and O–H groups in total. The van der Waals surface area contributed by atoms with Crippen LogP contribution in [0.5, 0.6) is 0 Å². The lowest BCUT2D eigenvalue weighted by Gasteiger charge is -2.38.